The van der Waals surface area contributed by atoms with Gasteiger partial charge in [0.1, 0.15) is 17.0 Å². The molecular formula is C27H29Cl2N5O5. The van der Waals surface area contributed by atoms with Gasteiger partial charge in [-0.3, -0.25) is 4.79 Å². The van der Waals surface area contributed by atoms with Crippen LogP contribution in [0.1, 0.15) is 13.3 Å². The SMILES string of the molecule is C=CC(=O)C[C@H]1COC[C@H]1Nc1ncc2cc(-c3c(Cl)c(OC)cc(OC)c3Cl)nc(N3CC(C)(O)C3)c2n1. The average molecular weight is 574 g/mol. The molecule has 0 amide bonds. The Morgan fingerprint density at radius 2 is 1.92 bits per heavy atom. The van der Waals surface area contributed by atoms with E-state index in [0.717, 1.165) is 0 Å². The van der Waals surface area contributed by atoms with Crippen molar-refractivity contribution >= 4 is 51.7 Å². The monoisotopic (exact) mass is 573 g/mol. The van der Waals surface area contributed by atoms with Gasteiger partial charge < -0.3 is 29.5 Å². The molecule has 5 rings (SSSR count). The fraction of sp³-hybridized carbons (Fsp3) is 0.407. The summed E-state index contributed by atoms with van der Waals surface area (Å²) in [5.41, 5.74) is 0.669. The number of allylic oxidation sites excluding steroid dienone is 1. The normalized spacial score (nSPS) is 20.0. The third-order valence-corrected chi connectivity index (χ3v) is 7.69. The number of fused-ring (bicyclic) bond motifs is 1. The van der Waals surface area contributed by atoms with Crippen molar-refractivity contribution in [2.45, 2.75) is 25.0 Å². The third-order valence-electron chi connectivity index (χ3n) is 6.94. The fourth-order valence-electron chi connectivity index (χ4n) is 4.94. The lowest BCUT2D eigenvalue weighted by atomic mass is 9.96. The molecule has 0 spiro atoms. The highest BCUT2D eigenvalue weighted by atomic mass is 35.5. The Morgan fingerprint density at radius 1 is 1.23 bits per heavy atom. The largest absolute Gasteiger partial charge is 0.495 e. The van der Waals surface area contributed by atoms with E-state index >= 15 is 0 Å². The van der Waals surface area contributed by atoms with Gasteiger partial charge in [0.05, 0.1) is 54.8 Å². The molecule has 2 fully saturated rings. The van der Waals surface area contributed by atoms with Gasteiger partial charge in [0.25, 0.3) is 0 Å². The number of halogens is 2. The van der Waals surface area contributed by atoms with Gasteiger partial charge in [-0.2, -0.15) is 0 Å². The van der Waals surface area contributed by atoms with Gasteiger partial charge in [0.15, 0.2) is 11.6 Å². The summed E-state index contributed by atoms with van der Waals surface area (Å²) in [5.74, 6) is 1.66. The second-order valence-corrected chi connectivity index (χ2v) is 10.8. The van der Waals surface area contributed by atoms with Gasteiger partial charge in [0, 0.05) is 48.6 Å². The summed E-state index contributed by atoms with van der Waals surface area (Å²) in [6, 6.07) is 3.29. The molecule has 4 heterocycles. The van der Waals surface area contributed by atoms with Gasteiger partial charge >= 0.3 is 0 Å². The number of pyridine rings is 1. The van der Waals surface area contributed by atoms with E-state index in [1.165, 1.54) is 20.3 Å². The summed E-state index contributed by atoms with van der Waals surface area (Å²) in [6.45, 7) is 6.97. The molecule has 2 atom stereocenters. The van der Waals surface area contributed by atoms with E-state index in [9.17, 15) is 9.90 Å². The number of methoxy groups -OCH3 is 2. The molecule has 2 aromatic heterocycles. The second-order valence-electron chi connectivity index (χ2n) is 10.0. The summed E-state index contributed by atoms with van der Waals surface area (Å²) in [6.07, 6.45) is 3.35. The Labute approximate surface area is 235 Å². The Balaban J connectivity index is 1.58. The standard InChI is InChI=1S/C27H29Cl2N5O5/c1-5-16(35)6-15-10-39-11-18(15)32-26-30-9-14-7-17(21-22(28)19(37-3)8-20(38-4)23(21)29)31-25(24(14)33-26)34-12-27(2,36)13-34/h5,7-9,15,18,36H,1,6,10-13H2,2-4H3,(H,30,32,33)/t15-,18+/m0/s1. The summed E-state index contributed by atoms with van der Waals surface area (Å²) in [7, 11) is 3.02. The van der Waals surface area contributed by atoms with Crippen molar-refractivity contribution in [3.8, 4) is 22.8 Å². The zero-order valence-electron chi connectivity index (χ0n) is 21.8. The number of aliphatic hydroxyl groups is 1. The van der Waals surface area contributed by atoms with Crippen molar-refractivity contribution in [2.24, 2.45) is 5.92 Å². The maximum absolute atomic E-state index is 11.9. The van der Waals surface area contributed by atoms with E-state index in [0.29, 0.717) is 78.1 Å². The number of β-amino-alcohol motifs (C(OH)–C–C–N with tert-alkyl or cyclic N) is 1. The minimum absolute atomic E-state index is 0.0208. The molecule has 206 valence electrons. The van der Waals surface area contributed by atoms with E-state index in [1.807, 2.05) is 4.90 Å². The number of ketones is 1. The van der Waals surface area contributed by atoms with E-state index < -0.39 is 5.60 Å². The maximum Gasteiger partial charge on any atom is 0.223 e. The van der Waals surface area contributed by atoms with Crippen molar-refractivity contribution in [1.82, 2.24) is 15.0 Å². The van der Waals surface area contributed by atoms with Crippen LogP contribution in [-0.2, 0) is 9.53 Å². The molecule has 2 saturated heterocycles. The predicted molar refractivity (Wildman–Crippen MR) is 150 cm³/mol. The minimum atomic E-state index is -0.849. The van der Waals surface area contributed by atoms with Gasteiger partial charge in [-0.1, -0.05) is 29.8 Å². The number of anilines is 2. The lowest BCUT2D eigenvalue weighted by molar-refractivity contribution is -0.115. The number of hydrogen-bond donors (Lipinski definition) is 2. The van der Waals surface area contributed by atoms with E-state index in [-0.39, 0.29) is 27.8 Å². The highest BCUT2D eigenvalue weighted by Crippen LogP contribution is 2.46. The molecule has 3 aromatic rings. The lowest BCUT2D eigenvalue weighted by Gasteiger charge is -2.45. The first kappa shape index (κ1) is 27.4. The molecule has 0 aliphatic carbocycles. The van der Waals surface area contributed by atoms with Crippen LogP contribution in [0.4, 0.5) is 11.8 Å². The maximum atomic E-state index is 11.9. The fourth-order valence-corrected chi connectivity index (χ4v) is 5.64. The molecule has 0 saturated carbocycles. The van der Waals surface area contributed by atoms with Crippen LogP contribution in [0.15, 0.2) is 31.0 Å². The Bertz CT molecular complexity index is 1410. The highest BCUT2D eigenvalue weighted by molar-refractivity contribution is 6.41. The molecule has 0 bridgehead atoms. The summed E-state index contributed by atoms with van der Waals surface area (Å²) in [4.78, 5) is 28.1. The third kappa shape index (κ3) is 5.34. The Hall–Kier alpha value is -3.18. The number of aromatic nitrogens is 3. The highest BCUT2D eigenvalue weighted by Gasteiger charge is 2.39. The van der Waals surface area contributed by atoms with Crippen LogP contribution in [0, 0.1) is 5.92 Å². The van der Waals surface area contributed by atoms with Crippen LogP contribution < -0.4 is 19.7 Å². The van der Waals surface area contributed by atoms with Gasteiger partial charge in [0.2, 0.25) is 5.95 Å². The molecule has 39 heavy (non-hydrogen) atoms. The zero-order valence-corrected chi connectivity index (χ0v) is 23.3. The lowest BCUT2D eigenvalue weighted by Crippen LogP contribution is -2.60. The van der Waals surface area contributed by atoms with Crippen LogP contribution >= 0.6 is 23.2 Å². The van der Waals surface area contributed by atoms with Gasteiger partial charge in [-0.15, -0.1) is 0 Å². The summed E-state index contributed by atoms with van der Waals surface area (Å²) < 4.78 is 16.5. The van der Waals surface area contributed by atoms with E-state index in [4.69, 9.17) is 47.4 Å². The Morgan fingerprint density at radius 3 is 2.54 bits per heavy atom. The van der Waals surface area contributed by atoms with Crippen molar-refractivity contribution in [3.63, 3.8) is 0 Å². The van der Waals surface area contributed by atoms with Crippen LogP contribution in [0.5, 0.6) is 11.5 Å². The first-order valence-electron chi connectivity index (χ1n) is 12.4. The van der Waals surface area contributed by atoms with Crippen molar-refractivity contribution in [3.05, 3.63) is 41.0 Å². The van der Waals surface area contributed by atoms with Crippen LogP contribution in [0.2, 0.25) is 10.0 Å². The van der Waals surface area contributed by atoms with Crippen molar-refractivity contribution < 1.29 is 24.1 Å². The number of hydrogen-bond acceptors (Lipinski definition) is 10. The van der Waals surface area contributed by atoms with Crippen LogP contribution in [0.25, 0.3) is 22.2 Å². The number of carbonyl (C=O) groups is 1. The van der Waals surface area contributed by atoms with Crippen molar-refractivity contribution in [2.75, 3.05) is 50.7 Å². The number of carbonyl (C=O) groups excluding carboxylic acids is 1. The number of nitrogens with zero attached hydrogens (tertiary/aromatic N) is 4. The van der Waals surface area contributed by atoms with E-state index in [1.54, 1.807) is 25.3 Å². The van der Waals surface area contributed by atoms with Crippen LogP contribution in [0.3, 0.4) is 0 Å². The number of nitrogens with one attached hydrogen (secondary N) is 1. The number of ether oxygens (including phenoxy) is 3. The topological polar surface area (TPSA) is 119 Å². The predicted octanol–water partition coefficient (Wildman–Crippen LogP) is 4.16. The van der Waals surface area contributed by atoms with Gasteiger partial charge in [-0.05, 0) is 19.1 Å². The molecule has 2 N–H and O–H groups in total. The van der Waals surface area contributed by atoms with Gasteiger partial charge in [-0.25, -0.2) is 15.0 Å². The first-order valence-corrected chi connectivity index (χ1v) is 13.1. The van der Waals surface area contributed by atoms with E-state index in [2.05, 4.69) is 16.9 Å². The second kappa shape index (κ2) is 10.8. The molecule has 1 aromatic carbocycles. The first-order chi connectivity index (χ1) is 18.6. The summed E-state index contributed by atoms with van der Waals surface area (Å²) in [5, 5.41) is 15.1. The molecule has 0 radical (unpaired) electrons. The van der Waals surface area contributed by atoms with Crippen molar-refractivity contribution in [1.29, 1.82) is 0 Å². The quantitative estimate of drug-likeness (QED) is 0.361. The van der Waals surface area contributed by atoms with Crippen LogP contribution in [-0.4, -0.2) is 78.0 Å². The molecule has 2 aliphatic heterocycles. The number of rotatable bonds is 9. The molecule has 2 aliphatic rings. The smallest absolute Gasteiger partial charge is 0.223 e. The summed E-state index contributed by atoms with van der Waals surface area (Å²) >= 11 is 13.4. The minimum Gasteiger partial charge on any atom is -0.495 e. The molecular weight excluding hydrogens is 545 g/mol. The zero-order chi connectivity index (χ0) is 27.9. The number of benzene rings is 1. The Kier molecular flexibility index (Phi) is 7.56. The molecule has 0 unspecified atom stereocenters. The molecule has 12 heteroatoms. The molecule has 10 nitrogen and oxygen atoms in total. The average Bonchev–Trinajstić information content (AvgIpc) is 3.33.